The van der Waals surface area contributed by atoms with Gasteiger partial charge in [0.2, 0.25) is 5.78 Å². The van der Waals surface area contributed by atoms with Gasteiger partial charge in [0.05, 0.1) is 17.4 Å². The Morgan fingerprint density at radius 2 is 2.05 bits per heavy atom. The molecular weight excluding hydrogens is 242 g/mol. The zero-order valence-electron chi connectivity index (χ0n) is 10.3. The minimum Gasteiger partial charge on any atom is -0.469 e. The number of benzene rings is 1. The van der Waals surface area contributed by atoms with Crippen LogP contribution in [-0.4, -0.2) is 20.8 Å². The number of furan rings is 1. The summed E-state index contributed by atoms with van der Waals surface area (Å²) < 4.78 is 6.68. The Labute approximate surface area is 109 Å². The molecule has 2 aromatic heterocycles. The van der Waals surface area contributed by atoms with Crippen LogP contribution < -0.4 is 0 Å². The highest BCUT2D eigenvalue weighted by Crippen LogP contribution is 2.15. The fourth-order valence-corrected chi connectivity index (χ4v) is 1.86. The standard InChI is InChI=1S/C14H11N3O2/c1-10-7-11(9-19-10)14(18)13-8-15-16-17(13)12-5-3-2-4-6-12/h2-9H,1H3. The lowest BCUT2D eigenvalue weighted by Gasteiger charge is -2.03. The number of carbonyl (C=O) groups is 1. The van der Waals surface area contributed by atoms with Crippen LogP contribution in [0.5, 0.6) is 0 Å². The smallest absolute Gasteiger partial charge is 0.216 e. The van der Waals surface area contributed by atoms with Crippen molar-refractivity contribution in [3.05, 3.63) is 65.9 Å². The van der Waals surface area contributed by atoms with Gasteiger partial charge in [-0.25, -0.2) is 4.68 Å². The second-order valence-electron chi connectivity index (χ2n) is 4.14. The minimum atomic E-state index is -0.161. The number of hydrogen-bond acceptors (Lipinski definition) is 4. The normalized spacial score (nSPS) is 10.6. The maximum atomic E-state index is 12.4. The molecule has 0 spiro atoms. The van der Waals surface area contributed by atoms with E-state index in [-0.39, 0.29) is 5.78 Å². The second kappa shape index (κ2) is 4.53. The molecule has 0 bridgehead atoms. The van der Waals surface area contributed by atoms with Crippen LogP contribution in [0.2, 0.25) is 0 Å². The van der Waals surface area contributed by atoms with Gasteiger partial charge in [0, 0.05) is 0 Å². The third kappa shape index (κ3) is 2.06. The van der Waals surface area contributed by atoms with Gasteiger partial charge in [-0.1, -0.05) is 23.4 Å². The maximum Gasteiger partial charge on any atom is 0.216 e. The zero-order valence-corrected chi connectivity index (χ0v) is 10.3. The molecule has 0 aliphatic heterocycles. The molecule has 3 rings (SSSR count). The number of ketones is 1. The highest BCUT2D eigenvalue weighted by molar-refractivity contribution is 6.07. The van der Waals surface area contributed by atoms with Crippen LogP contribution in [0.15, 0.2) is 53.3 Å². The Morgan fingerprint density at radius 1 is 1.26 bits per heavy atom. The molecule has 0 atom stereocenters. The summed E-state index contributed by atoms with van der Waals surface area (Å²) in [5, 5.41) is 7.77. The summed E-state index contributed by atoms with van der Waals surface area (Å²) >= 11 is 0. The molecule has 0 saturated heterocycles. The van der Waals surface area contributed by atoms with Gasteiger partial charge < -0.3 is 4.42 Å². The predicted octanol–water partition coefficient (Wildman–Crippen LogP) is 2.40. The van der Waals surface area contributed by atoms with E-state index in [1.807, 2.05) is 30.3 Å². The van der Waals surface area contributed by atoms with Crippen LogP contribution in [0, 0.1) is 6.92 Å². The van der Waals surface area contributed by atoms with Crippen LogP contribution in [-0.2, 0) is 0 Å². The van der Waals surface area contributed by atoms with Crippen molar-refractivity contribution >= 4 is 5.78 Å². The van der Waals surface area contributed by atoms with Crippen LogP contribution in [0.4, 0.5) is 0 Å². The van der Waals surface area contributed by atoms with E-state index in [9.17, 15) is 4.79 Å². The molecule has 1 aromatic carbocycles. The average Bonchev–Trinajstić information content (AvgIpc) is 3.07. The van der Waals surface area contributed by atoms with Crippen LogP contribution in [0.25, 0.3) is 5.69 Å². The lowest BCUT2D eigenvalue weighted by Crippen LogP contribution is -2.09. The Hall–Kier alpha value is -2.69. The second-order valence-corrected chi connectivity index (χ2v) is 4.14. The van der Waals surface area contributed by atoms with Crippen LogP contribution in [0.3, 0.4) is 0 Å². The first-order valence-electron chi connectivity index (χ1n) is 5.81. The molecular formula is C14H11N3O2. The van der Waals surface area contributed by atoms with Gasteiger partial charge in [-0.05, 0) is 25.1 Å². The van der Waals surface area contributed by atoms with E-state index >= 15 is 0 Å². The van der Waals surface area contributed by atoms with Gasteiger partial charge in [-0.2, -0.15) is 0 Å². The van der Waals surface area contributed by atoms with Gasteiger partial charge in [-0.15, -0.1) is 5.10 Å². The molecule has 0 aliphatic rings. The van der Waals surface area contributed by atoms with Gasteiger partial charge in [0.25, 0.3) is 0 Å². The molecule has 0 unspecified atom stereocenters. The monoisotopic (exact) mass is 253 g/mol. The van der Waals surface area contributed by atoms with Crippen LogP contribution >= 0.6 is 0 Å². The highest BCUT2D eigenvalue weighted by atomic mass is 16.3. The summed E-state index contributed by atoms with van der Waals surface area (Å²) in [6.45, 7) is 1.80. The molecule has 94 valence electrons. The van der Waals surface area contributed by atoms with Crippen molar-refractivity contribution in [3.8, 4) is 5.69 Å². The Bertz CT molecular complexity index is 713. The van der Waals surface area contributed by atoms with E-state index < -0.39 is 0 Å². The molecule has 0 radical (unpaired) electrons. The number of para-hydroxylation sites is 1. The summed E-state index contributed by atoms with van der Waals surface area (Å²) in [7, 11) is 0. The number of aryl methyl sites for hydroxylation is 1. The first-order valence-corrected chi connectivity index (χ1v) is 5.81. The minimum absolute atomic E-state index is 0.161. The van der Waals surface area contributed by atoms with E-state index in [1.54, 1.807) is 13.0 Å². The molecule has 0 fully saturated rings. The molecule has 0 N–H and O–H groups in total. The molecule has 0 saturated carbocycles. The van der Waals surface area contributed by atoms with Gasteiger partial charge >= 0.3 is 0 Å². The topological polar surface area (TPSA) is 60.9 Å². The molecule has 3 aromatic rings. The number of hydrogen-bond donors (Lipinski definition) is 0. The Morgan fingerprint density at radius 3 is 2.74 bits per heavy atom. The average molecular weight is 253 g/mol. The zero-order chi connectivity index (χ0) is 13.2. The fraction of sp³-hybridized carbons (Fsp3) is 0.0714. The van der Waals surface area contributed by atoms with Crippen molar-refractivity contribution < 1.29 is 9.21 Å². The molecule has 2 heterocycles. The van der Waals surface area contributed by atoms with Crippen molar-refractivity contribution in [2.45, 2.75) is 6.92 Å². The summed E-state index contributed by atoms with van der Waals surface area (Å²) in [6.07, 6.45) is 2.90. The first kappa shape index (κ1) is 11.4. The fourth-order valence-electron chi connectivity index (χ4n) is 1.86. The molecule has 19 heavy (non-hydrogen) atoms. The number of carbonyl (C=O) groups excluding carboxylic acids is 1. The predicted molar refractivity (Wildman–Crippen MR) is 68.2 cm³/mol. The molecule has 0 amide bonds. The quantitative estimate of drug-likeness (QED) is 0.672. The van der Waals surface area contributed by atoms with Gasteiger partial charge in [0.1, 0.15) is 17.7 Å². The van der Waals surface area contributed by atoms with Crippen LogP contribution in [0.1, 0.15) is 21.8 Å². The van der Waals surface area contributed by atoms with E-state index in [4.69, 9.17) is 4.42 Å². The van der Waals surface area contributed by atoms with Crippen molar-refractivity contribution in [1.29, 1.82) is 0 Å². The summed E-state index contributed by atoms with van der Waals surface area (Å²) in [4.78, 5) is 12.4. The Balaban J connectivity index is 2.03. The van der Waals surface area contributed by atoms with Gasteiger partial charge in [0.15, 0.2) is 0 Å². The van der Waals surface area contributed by atoms with Crippen molar-refractivity contribution in [2.24, 2.45) is 0 Å². The van der Waals surface area contributed by atoms with E-state index in [1.165, 1.54) is 17.1 Å². The van der Waals surface area contributed by atoms with Gasteiger partial charge in [-0.3, -0.25) is 4.79 Å². The summed E-state index contributed by atoms with van der Waals surface area (Å²) in [6, 6.07) is 11.1. The maximum absolute atomic E-state index is 12.4. The highest BCUT2D eigenvalue weighted by Gasteiger charge is 2.18. The number of aromatic nitrogens is 3. The van der Waals surface area contributed by atoms with E-state index in [0.717, 1.165) is 5.69 Å². The van der Waals surface area contributed by atoms with Crippen molar-refractivity contribution in [3.63, 3.8) is 0 Å². The molecule has 0 aliphatic carbocycles. The third-order valence-corrected chi connectivity index (χ3v) is 2.78. The SMILES string of the molecule is Cc1cc(C(=O)c2cnnn2-c2ccccc2)co1. The number of nitrogens with zero attached hydrogens (tertiary/aromatic N) is 3. The summed E-state index contributed by atoms with van der Waals surface area (Å²) in [5.41, 5.74) is 1.70. The van der Waals surface area contributed by atoms with Crippen molar-refractivity contribution in [1.82, 2.24) is 15.0 Å². The summed E-state index contributed by atoms with van der Waals surface area (Å²) in [5.74, 6) is 0.535. The number of rotatable bonds is 3. The molecule has 5 nitrogen and oxygen atoms in total. The van der Waals surface area contributed by atoms with E-state index in [0.29, 0.717) is 17.0 Å². The van der Waals surface area contributed by atoms with Crippen molar-refractivity contribution in [2.75, 3.05) is 0 Å². The van der Waals surface area contributed by atoms with E-state index in [2.05, 4.69) is 10.3 Å². The molecule has 5 heteroatoms. The lowest BCUT2D eigenvalue weighted by atomic mass is 10.1. The first-order chi connectivity index (χ1) is 9.25. The largest absolute Gasteiger partial charge is 0.469 e. The third-order valence-electron chi connectivity index (χ3n) is 2.78. The lowest BCUT2D eigenvalue weighted by molar-refractivity contribution is 0.103. The Kier molecular flexibility index (Phi) is 2.72.